The Kier molecular flexibility index (Phi) is 4.36. The summed E-state index contributed by atoms with van der Waals surface area (Å²) in [6.07, 6.45) is 0. The van der Waals surface area contributed by atoms with Crippen LogP contribution in [0.1, 0.15) is 0 Å². The molecule has 0 spiro atoms. The lowest BCUT2D eigenvalue weighted by Gasteiger charge is -2.04. The van der Waals surface area contributed by atoms with E-state index in [-0.39, 0.29) is 18.5 Å². The number of rotatable bonds is 4. The quantitative estimate of drug-likeness (QED) is 0.344. The van der Waals surface area contributed by atoms with Crippen LogP contribution in [0.5, 0.6) is 0 Å². The summed E-state index contributed by atoms with van der Waals surface area (Å²) < 4.78 is 0. The third-order valence-corrected chi connectivity index (χ3v) is 4.72. The van der Waals surface area contributed by atoms with Gasteiger partial charge < -0.3 is 0 Å². The highest BCUT2D eigenvalue weighted by Gasteiger charge is 2.04. The van der Waals surface area contributed by atoms with Crippen LogP contribution in [0.15, 0.2) is 29.2 Å². The van der Waals surface area contributed by atoms with Crippen LogP contribution in [-0.4, -0.2) is 23.7 Å². The van der Waals surface area contributed by atoms with Crippen LogP contribution in [0.2, 0.25) is 0 Å². The standard InChI is InChI=1S/C9H12NO2PS/c1-13(2)7-14-9-5-3-8(4-6-9)10(11)12/h3-6H,7H2,1-2H3. The highest BCUT2D eigenvalue weighted by molar-refractivity contribution is 8.04. The largest absolute Gasteiger partial charge is 0.269 e. The first-order chi connectivity index (χ1) is 6.59. The van der Waals surface area contributed by atoms with Gasteiger partial charge in [0, 0.05) is 22.5 Å². The molecule has 0 aromatic heterocycles. The van der Waals surface area contributed by atoms with Crippen LogP contribution in [0.25, 0.3) is 0 Å². The van der Waals surface area contributed by atoms with Crippen molar-refractivity contribution in [1.29, 1.82) is 0 Å². The minimum Gasteiger partial charge on any atom is -0.258 e. The van der Waals surface area contributed by atoms with E-state index in [0.29, 0.717) is 0 Å². The average Bonchev–Trinajstić information content (AvgIpc) is 2.15. The predicted octanol–water partition coefficient (Wildman–Crippen LogP) is 3.39. The molecule has 3 nitrogen and oxygen atoms in total. The molecule has 14 heavy (non-hydrogen) atoms. The summed E-state index contributed by atoms with van der Waals surface area (Å²) in [7, 11) is 0.0848. The number of benzene rings is 1. The lowest BCUT2D eigenvalue weighted by atomic mass is 10.3. The van der Waals surface area contributed by atoms with Gasteiger partial charge in [0.05, 0.1) is 4.92 Å². The zero-order valence-corrected chi connectivity index (χ0v) is 9.85. The Labute approximate surface area is 88.8 Å². The number of nitro groups is 1. The van der Waals surface area contributed by atoms with Crippen molar-refractivity contribution in [2.24, 2.45) is 0 Å². The second kappa shape index (κ2) is 5.32. The minimum atomic E-state index is -0.374. The van der Waals surface area contributed by atoms with Gasteiger partial charge in [-0.1, -0.05) is 0 Å². The fourth-order valence-electron chi connectivity index (χ4n) is 0.868. The zero-order valence-electron chi connectivity index (χ0n) is 8.14. The number of hydrogen-bond donors (Lipinski definition) is 0. The van der Waals surface area contributed by atoms with E-state index in [2.05, 4.69) is 13.3 Å². The van der Waals surface area contributed by atoms with Crippen molar-refractivity contribution in [3.8, 4) is 0 Å². The topological polar surface area (TPSA) is 43.1 Å². The molecule has 0 saturated carbocycles. The van der Waals surface area contributed by atoms with Crippen LogP contribution in [-0.2, 0) is 0 Å². The third-order valence-electron chi connectivity index (χ3n) is 1.54. The van der Waals surface area contributed by atoms with E-state index in [4.69, 9.17) is 0 Å². The third kappa shape index (κ3) is 3.64. The molecule has 76 valence electrons. The van der Waals surface area contributed by atoms with E-state index in [1.165, 1.54) is 0 Å². The van der Waals surface area contributed by atoms with E-state index in [0.717, 1.165) is 10.4 Å². The molecular formula is C9H12NO2PS. The van der Waals surface area contributed by atoms with E-state index < -0.39 is 0 Å². The summed E-state index contributed by atoms with van der Waals surface area (Å²) >= 11 is 1.76. The fraction of sp³-hybridized carbons (Fsp3) is 0.333. The van der Waals surface area contributed by atoms with Crippen LogP contribution in [0, 0.1) is 10.1 Å². The number of nitro benzene ring substituents is 1. The van der Waals surface area contributed by atoms with Crippen LogP contribution in [0.4, 0.5) is 5.69 Å². The Morgan fingerprint density at radius 2 is 1.93 bits per heavy atom. The number of hydrogen-bond acceptors (Lipinski definition) is 3. The molecule has 0 saturated heterocycles. The van der Waals surface area contributed by atoms with Crippen LogP contribution in [0.3, 0.4) is 0 Å². The van der Waals surface area contributed by atoms with Gasteiger partial charge in [-0.3, -0.25) is 10.1 Å². The van der Waals surface area contributed by atoms with Gasteiger partial charge in [0.25, 0.3) is 5.69 Å². The summed E-state index contributed by atoms with van der Waals surface area (Å²) in [5.41, 5.74) is 1.26. The molecule has 0 unspecified atom stereocenters. The summed E-state index contributed by atoms with van der Waals surface area (Å²) in [5, 5.41) is 10.4. The van der Waals surface area contributed by atoms with Gasteiger partial charge >= 0.3 is 0 Å². The predicted molar refractivity (Wildman–Crippen MR) is 62.6 cm³/mol. The normalized spacial score (nSPS) is 10.5. The molecule has 1 aromatic rings. The minimum absolute atomic E-state index is 0.0848. The Hall–Kier alpha value is -0.600. The molecule has 1 aromatic carbocycles. The zero-order chi connectivity index (χ0) is 10.6. The van der Waals surface area contributed by atoms with E-state index in [1.807, 2.05) is 12.1 Å². The Bertz CT molecular complexity index is 313. The molecule has 1 rings (SSSR count). The molecule has 5 heteroatoms. The van der Waals surface area contributed by atoms with Gasteiger partial charge in [-0.25, -0.2) is 0 Å². The van der Waals surface area contributed by atoms with Crippen molar-refractivity contribution in [3.63, 3.8) is 0 Å². The van der Waals surface area contributed by atoms with Gasteiger partial charge in [-0.2, -0.15) is 0 Å². The molecule has 0 bridgehead atoms. The van der Waals surface area contributed by atoms with Crippen molar-refractivity contribution in [3.05, 3.63) is 34.4 Å². The van der Waals surface area contributed by atoms with Crippen molar-refractivity contribution in [2.75, 3.05) is 18.8 Å². The maximum Gasteiger partial charge on any atom is 0.269 e. The van der Waals surface area contributed by atoms with Crippen molar-refractivity contribution < 1.29 is 4.92 Å². The van der Waals surface area contributed by atoms with Crippen molar-refractivity contribution in [1.82, 2.24) is 0 Å². The van der Waals surface area contributed by atoms with E-state index in [1.54, 1.807) is 23.9 Å². The monoisotopic (exact) mass is 229 g/mol. The first kappa shape index (κ1) is 11.5. The molecule has 0 N–H and O–H groups in total. The SMILES string of the molecule is CP(C)CSc1ccc([N+](=O)[O-])cc1. The molecule has 0 fully saturated rings. The first-order valence-corrected chi connectivity index (χ1v) is 7.52. The second-order valence-electron chi connectivity index (χ2n) is 3.10. The number of thioether (sulfide) groups is 1. The summed E-state index contributed by atoms with van der Waals surface area (Å²) in [5.74, 6) is 0. The molecule has 0 amide bonds. The Balaban J connectivity index is 2.60. The molecule has 0 aliphatic rings. The fourth-order valence-corrected chi connectivity index (χ4v) is 2.83. The Morgan fingerprint density at radius 3 is 2.36 bits per heavy atom. The molecule has 0 aliphatic heterocycles. The smallest absolute Gasteiger partial charge is 0.258 e. The summed E-state index contributed by atoms with van der Waals surface area (Å²) in [6.45, 7) is 4.43. The molecule has 0 atom stereocenters. The maximum absolute atomic E-state index is 10.4. The van der Waals surface area contributed by atoms with Gasteiger partial charge in [0.15, 0.2) is 0 Å². The number of nitrogens with zero attached hydrogens (tertiary/aromatic N) is 1. The van der Waals surface area contributed by atoms with Crippen molar-refractivity contribution >= 4 is 25.4 Å². The molecule has 0 radical (unpaired) electrons. The van der Waals surface area contributed by atoms with Gasteiger partial charge in [-0.15, -0.1) is 19.7 Å². The lowest BCUT2D eigenvalue weighted by molar-refractivity contribution is -0.384. The molecular weight excluding hydrogens is 217 g/mol. The first-order valence-electron chi connectivity index (χ1n) is 4.11. The van der Waals surface area contributed by atoms with E-state index in [9.17, 15) is 10.1 Å². The van der Waals surface area contributed by atoms with Crippen LogP contribution < -0.4 is 0 Å². The van der Waals surface area contributed by atoms with Crippen LogP contribution >= 0.6 is 19.7 Å². The highest BCUT2D eigenvalue weighted by Crippen LogP contribution is 2.34. The van der Waals surface area contributed by atoms with Gasteiger partial charge in [-0.05, 0) is 25.5 Å². The summed E-state index contributed by atoms with van der Waals surface area (Å²) in [4.78, 5) is 11.1. The summed E-state index contributed by atoms with van der Waals surface area (Å²) in [6, 6.07) is 6.72. The number of non-ortho nitro benzene ring substituents is 1. The van der Waals surface area contributed by atoms with Gasteiger partial charge in [0.2, 0.25) is 0 Å². The van der Waals surface area contributed by atoms with Crippen molar-refractivity contribution in [2.45, 2.75) is 4.90 Å². The highest BCUT2D eigenvalue weighted by atomic mass is 32.2. The van der Waals surface area contributed by atoms with E-state index >= 15 is 0 Å². The lowest BCUT2D eigenvalue weighted by Crippen LogP contribution is -1.86. The van der Waals surface area contributed by atoms with Gasteiger partial charge in [0.1, 0.15) is 0 Å². The second-order valence-corrected chi connectivity index (χ2v) is 7.06. The molecule has 0 heterocycles. The average molecular weight is 229 g/mol. The Morgan fingerprint density at radius 1 is 1.36 bits per heavy atom. The molecule has 0 aliphatic carbocycles. The maximum atomic E-state index is 10.4.